The van der Waals surface area contributed by atoms with Crippen LogP contribution in [0.1, 0.15) is 57.8 Å². The van der Waals surface area contributed by atoms with Crippen LogP contribution >= 0.6 is 0 Å². The summed E-state index contributed by atoms with van der Waals surface area (Å²) in [5, 5.41) is 0. The number of hydrogen-bond acceptors (Lipinski definition) is 0. The van der Waals surface area contributed by atoms with E-state index in [1.54, 1.807) is 51.4 Å². The van der Waals surface area contributed by atoms with E-state index in [-0.39, 0.29) is 0 Å². The molecule has 0 aromatic heterocycles. The van der Waals surface area contributed by atoms with Gasteiger partial charge in [0.05, 0.1) is 0 Å². The highest BCUT2D eigenvalue weighted by Crippen LogP contribution is 2.65. The maximum atomic E-state index is 1.65. The van der Waals surface area contributed by atoms with Gasteiger partial charge in [-0.1, -0.05) is 32.1 Å². The smallest absolute Gasteiger partial charge is 0.0323 e. The fraction of sp³-hybridized carbons (Fsp3) is 1.00. The summed E-state index contributed by atoms with van der Waals surface area (Å²) in [5.41, 5.74) is 0. The maximum absolute atomic E-state index is 1.65. The zero-order chi connectivity index (χ0) is 9.83. The summed E-state index contributed by atoms with van der Waals surface area (Å²) in [6, 6.07) is 0. The lowest BCUT2D eigenvalue weighted by molar-refractivity contribution is 0.143. The molecule has 0 N–H and O–H groups in total. The summed E-state index contributed by atoms with van der Waals surface area (Å²) in [6.45, 7) is 0. The molecule has 4 bridgehead atoms. The molecule has 0 radical (unpaired) electrons. The van der Waals surface area contributed by atoms with Crippen LogP contribution in [-0.4, -0.2) is 0 Å². The van der Waals surface area contributed by atoms with E-state index >= 15 is 0 Å². The van der Waals surface area contributed by atoms with E-state index in [4.69, 9.17) is 0 Å². The highest BCUT2D eigenvalue weighted by molar-refractivity contribution is 5.06. The second-order valence-corrected chi connectivity index (χ2v) is 6.87. The van der Waals surface area contributed by atoms with Gasteiger partial charge in [-0.15, -0.1) is 0 Å². The molecule has 4 rings (SSSR count). The first-order valence-electron chi connectivity index (χ1n) is 7.43. The van der Waals surface area contributed by atoms with E-state index in [1.165, 1.54) is 36.0 Å². The van der Waals surface area contributed by atoms with Gasteiger partial charge in [-0.25, -0.2) is 0 Å². The summed E-state index contributed by atoms with van der Waals surface area (Å²) in [5.74, 6) is 7.18. The molecule has 0 nitrogen and oxygen atoms in total. The Hall–Kier alpha value is 0. The average molecular weight is 204 g/mol. The van der Waals surface area contributed by atoms with Crippen LogP contribution in [0.2, 0.25) is 0 Å². The predicted molar refractivity (Wildman–Crippen MR) is 62.5 cm³/mol. The summed E-state index contributed by atoms with van der Waals surface area (Å²) in [7, 11) is 0. The minimum Gasteiger partial charge on any atom is -0.0533 e. The van der Waals surface area contributed by atoms with Gasteiger partial charge in [-0.05, 0) is 61.2 Å². The lowest BCUT2D eigenvalue weighted by atomic mass is 9.70. The van der Waals surface area contributed by atoms with E-state index in [9.17, 15) is 0 Å². The van der Waals surface area contributed by atoms with Crippen molar-refractivity contribution in [1.29, 1.82) is 0 Å². The van der Waals surface area contributed by atoms with Crippen molar-refractivity contribution in [2.75, 3.05) is 0 Å². The molecule has 0 aliphatic heterocycles. The highest BCUT2D eigenvalue weighted by Gasteiger charge is 2.57. The quantitative estimate of drug-likeness (QED) is 0.599. The summed E-state index contributed by atoms with van der Waals surface area (Å²) in [4.78, 5) is 0. The normalized spacial score (nSPS) is 54.0. The third-order valence-electron chi connectivity index (χ3n) is 6.45. The third kappa shape index (κ3) is 1.20. The first kappa shape index (κ1) is 9.07. The Morgan fingerprint density at radius 2 is 1.40 bits per heavy atom. The predicted octanol–water partition coefficient (Wildman–Crippen LogP) is 4.25. The molecule has 4 aliphatic rings. The molecule has 4 saturated carbocycles. The van der Waals surface area contributed by atoms with Crippen molar-refractivity contribution in [2.24, 2.45) is 35.5 Å². The second kappa shape index (κ2) is 3.25. The molecule has 0 aromatic rings. The molecule has 4 aliphatic carbocycles. The maximum Gasteiger partial charge on any atom is -0.0323 e. The van der Waals surface area contributed by atoms with Gasteiger partial charge in [0.1, 0.15) is 0 Å². The topological polar surface area (TPSA) is 0 Å². The Morgan fingerprint density at radius 1 is 0.533 bits per heavy atom. The van der Waals surface area contributed by atoms with Crippen LogP contribution in [0.5, 0.6) is 0 Å². The molecule has 0 aromatic carbocycles. The van der Waals surface area contributed by atoms with Crippen LogP contribution in [0, 0.1) is 35.5 Å². The average Bonchev–Trinajstić information content (AvgIpc) is 2.96. The zero-order valence-corrected chi connectivity index (χ0v) is 9.83. The van der Waals surface area contributed by atoms with Gasteiger partial charge >= 0.3 is 0 Å². The van der Waals surface area contributed by atoms with Gasteiger partial charge in [-0.2, -0.15) is 0 Å². The molecular formula is C15H24. The molecule has 4 fully saturated rings. The van der Waals surface area contributed by atoms with Gasteiger partial charge in [0.2, 0.25) is 0 Å². The van der Waals surface area contributed by atoms with Crippen LogP contribution in [0.4, 0.5) is 0 Å². The SMILES string of the molecule is C1CCC(C2CC3CC4CCC3C42)CC1. The van der Waals surface area contributed by atoms with Crippen LogP contribution in [-0.2, 0) is 0 Å². The van der Waals surface area contributed by atoms with E-state index in [0.717, 1.165) is 5.92 Å². The number of hydrogen-bond donors (Lipinski definition) is 0. The standard InChI is InChI=1S/C15H24/c1-2-4-10(5-3-1)14-9-12-8-11-6-7-13(12)15(11)14/h10-15H,1-9H2. The van der Waals surface area contributed by atoms with Crippen molar-refractivity contribution < 1.29 is 0 Å². The Kier molecular flexibility index (Phi) is 1.96. The number of rotatable bonds is 1. The Bertz CT molecular complexity index is 251. The van der Waals surface area contributed by atoms with Crippen molar-refractivity contribution in [1.82, 2.24) is 0 Å². The lowest BCUT2D eigenvalue weighted by Gasteiger charge is -2.36. The van der Waals surface area contributed by atoms with Crippen LogP contribution in [0.15, 0.2) is 0 Å². The van der Waals surface area contributed by atoms with Gasteiger partial charge < -0.3 is 0 Å². The van der Waals surface area contributed by atoms with E-state index in [1.807, 2.05) is 0 Å². The first-order valence-corrected chi connectivity index (χ1v) is 7.43. The van der Waals surface area contributed by atoms with Crippen molar-refractivity contribution in [3.05, 3.63) is 0 Å². The molecule has 0 heteroatoms. The lowest BCUT2D eigenvalue weighted by Crippen LogP contribution is -2.27. The van der Waals surface area contributed by atoms with Gasteiger partial charge in [0.15, 0.2) is 0 Å². The molecule has 0 amide bonds. The fourth-order valence-corrected chi connectivity index (χ4v) is 6.04. The van der Waals surface area contributed by atoms with Gasteiger partial charge in [0, 0.05) is 0 Å². The summed E-state index contributed by atoms with van der Waals surface area (Å²) in [6.07, 6.45) is 14.3. The molecular weight excluding hydrogens is 180 g/mol. The molecule has 5 unspecified atom stereocenters. The van der Waals surface area contributed by atoms with Crippen molar-refractivity contribution in [2.45, 2.75) is 57.8 Å². The van der Waals surface area contributed by atoms with Crippen LogP contribution in [0.3, 0.4) is 0 Å². The van der Waals surface area contributed by atoms with E-state index < -0.39 is 0 Å². The Morgan fingerprint density at radius 3 is 2.13 bits per heavy atom. The van der Waals surface area contributed by atoms with Gasteiger partial charge in [0.25, 0.3) is 0 Å². The monoisotopic (exact) mass is 204 g/mol. The van der Waals surface area contributed by atoms with Crippen LogP contribution in [0.25, 0.3) is 0 Å². The summed E-state index contributed by atoms with van der Waals surface area (Å²) >= 11 is 0. The first-order chi connectivity index (χ1) is 7.43. The fourth-order valence-electron chi connectivity index (χ4n) is 6.04. The third-order valence-corrected chi connectivity index (χ3v) is 6.45. The largest absolute Gasteiger partial charge is 0.0533 e. The second-order valence-electron chi connectivity index (χ2n) is 6.87. The molecule has 0 saturated heterocycles. The Balaban J connectivity index is 1.54. The van der Waals surface area contributed by atoms with Gasteiger partial charge in [-0.3, -0.25) is 0 Å². The summed E-state index contributed by atoms with van der Waals surface area (Å²) < 4.78 is 0. The molecule has 15 heavy (non-hydrogen) atoms. The van der Waals surface area contributed by atoms with E-state index in [0.29, 0.717) is 0 Å². The highest BCUT2D eigenvalue weighted by atomic mass is 14.6. The zero-order valence-electron chi connectivity index (χ0n) is 9.83. The van der Waals surface area contributed by atoms with Crippen molar-refractivity contribution >= 4 is 0 Å². The minimum atomic E-state index is 1.16. The molecule has 5 atom stereocenters. The van der Waals surface area contributed by atoms with Crippen LogP contribution < -0.4 is 0 Å². The van der Waals surface area contributed by atoms with Crippen molar-refractivity contribution in [3.63, 3.8) is 0 Å². The van der Waals surface area contributed by atoms with E-state index in [2.05, 4.69) is 0 Å². The molecule has 0 spiro atoms. The molecule has 0 heterocycles. The minimum absolute atomic E-state index is 1.16. The van der Waals surface area contributed by atoms with Crippen molar-refractivity contribution in [3.8, 4) is 0 Å². The Labute approximate surface area is 93.8 Å². The molecule has 84 valence electrons.